The van der Waals surface area contributed by atoms with Crippen molar-refractivity contribution < 1.29 is 13.2 Å². The number of ether oxygens (including phenoxy) is 1. The van der Waals surface area contributed by atoms with E-state index >= 15 is 0 Å². The zero-order chi connectivity index (χ0) is 18.7. The van der Waals surface area contributed by atoms with Crippen LogP contribution >= 0.6 is 0 Å². The van der Waals surface area contributed by atoms with Crippen molar-refractivity contribution in [1.82, 2.24) is 9.71 Å². The Labute approximate surface area is 154 Å². The lowest BCUT2D eigenvalue weighted by atomic mass is 10.1. The summed E-state index contributed by atoms with van der Waals surface area (Å²) in [5.41, 5.74) is 2.01. The van der Waals surface area contributed by atoms with Crippen LogP contribution in [-0.4, -0.2) is 26.1 Å². The highest BCUT2D eigenvalue weighted by atomic mass is 32.2. The SMILES string of the molecule is Cc1ccc(S(=O)(=O)N[C@@H](C)COc2cccc3cnccc23)cc1C. The first-order valence-corrected chi connectivity index (χ1v) is 9.90. The largest absolute Gasteiger partial charge is 0.491 e. The Morgan fingerprint density at radius 2 is 1.92 bits per heavy atom. The molecule has 0 saturated carbocycles. The fraction of sp³-hybridized carbons (Fsp3) is 0.250. The van der Waals surface area contributed by atoms with Gasteiger partial charge >= 0.3 is 0 Å². The number of nitrogens with one attached hydrogen (secondary N) is 1. The molecular weight excluding hydrogens is 348 g/mol. The van der Waals surface area contributed by atoms with Crippen molar-refractivity contribution in [3.8, 4) is 5.75 Å². The van der Waals surface area contributed by atoms with Gasteiger partial charge in [-0.05, 0) is 56.2 Å². The van der Waals surface area contributed by atoms with Gasteiger partial charge in [0.25, 0.3) is 0 Å². The number of nitrogens with zero attached hydrogens (tertiary/aromatic N) is 1. The summed E-state index contributed by atoms with van der Waals surface area (Å²) in [7, 11) is -3.59. The van der Waals surface area contributed by atoms with Crippen LogP contribution in [0.15, 0.2) is 59.8 Å². The van der Waals surface area contributed by atoms with Gasteiger partial charge in [-0.1, -0.05) is 18.2 Å². The summed E-state index contributed by atoms with van der Waals surface area (Å²) in [6, 6.07) is 12.3. The van der Waals surface area contributed by atoms with Gasteiger partial charge in [-0.15, -0.1) is 0 Å². The quantitative estimate of drug-likeness (QED) is 0.720. The van der Waals surface area contributed by atoms with Gasteiger partial charge in [-0.2, -0.15) is 0 Å². The predicted octanol–water partition coefficient (Wildman–Crippen LogP) is 3.60. The molecule has 1 atom stereocenters. The third-order valence-corrected chi connectivity index (χ3v) is 5.86. The molecular formula is C20H22N2O3S. The minimum absolute atomic E-state index is 0.228. The third-order valence-electron chi connectivity index (χ3n) is 4.27. The third kappa shape index (κ3) is 4.03. The van der Waals surface area contributed by atoms with E-state index in [-0.39, 0.29) is 17.5 Å². The van der Waals surface area contributed by atoms with E-state index in [4.69, 9.17) is 4.74 Å². The molecule has 26 heavy (non-hydrogen) atoms. The normalized spacial score (nSPS) is 12.9. The lowest BCUT2D eigenvalue weighted by Crippen LogP contribution is -2.36. The Balaban J connectivity index is 1.70. The molecule has 0 radical (unpaired) electrons. The first-order chi connectivity index (χ1) is 12.4. The zero-order valence-electron chi connectivity index (χ0n) is 15.1. The van der Waals surface area contributed by atoms with Gasteiger partial charge in [-0.25, -0.2) is 13.1 Å². The van der Waals surface area contributed by atoms with Crippen LogP contribution in [0.1, 0.15) is 18.1 Å². The van der Waals surface area contributed by atoms with Crippen molar-refractivity contribution in [2.75, 3.05) is 6.61 Å². The van der Waals surface area contributed by atoms with Crippen LogP contribution in [-0.2, 0) is 10.0 Å². The summed E-state index contributed by atoms with van der Waals surface area (Å²) in [5, 5.41) is 1.93. The monoisotopic (exact) mass is 370 g/mol. The highest BCUT2D eigenvalue weighted by molar-refractivity contribution is 7.89. The van der Waals surface area contributed by atoms with E-state index in [1.165, 1.54) is 0 Å². The molecule has 1 heterocycles. The van der Waals surface area contributed by atoms with Crippen LogP contribution < -0.4 is 9.46 Å². The maximum Gasteiger partial charge on any atom is 0.240 e. The first kappa shape index (κ1) is 18.4. The second-order valence-electron chi connectivity index (χ2n) is 6.43. The molecule has 1 aromatic heterocycles. The number of pyridine rings is 1. The van der Waals surface area contributed by atoms with E-state index in [0.717, 1.165) is 21.9 Å². The second-order valence-corrected chi connectivity index (χ2v) is 8.15. The van der Waals surface area contributed by atoms with Crippen LogP contribution in [0, 0.1) is 13.8 Å². The number of benzene rings is 2. The number of fused-ring (bicyclic) bond motifs is 1. The van der Waals surface area contributed by atoms with Crippen LogP contribution in [0.3, 0.4) is 0 Å². The van der Waals surface area contributed by atoms with Gasteiger partial charge < -0.3 is 4.74 Å². The topological polar surface area (TPSA) is 68.3 Å². The highest BCUT2D eigenvalue weighted by Crippen LogP contribution is 2.24. The Hall–Kier alpha value is -2.44. The zero-order valence-corrected chi connectivity index (χ0v) is 15.9. The maximum atomic E-state index is 12.6. The molecule has 3 aromatic rings. The summed E-state index contributed by atoms with van der Waals surface area (Å²) < 4.78 is 33.6. The lowest BCUT2D eigenvalue weighted by Gasteiger charge is -2.16. The average Bonchev–Trinajstić information content (AvgIpc) is 2.61. The molecule has 0 spiro atoms. The van der Waals surface area contributed by atoms with Gasteiger partial charge in [0.2, 0.25) is 10.0 Å². The van der Waals surface area contributed by atoms with E-state index in [1.54, 1.807) is 31.5 Å². The number of aryl methyl sites for hydroxylation is 2. The van der Waals surface area contributed by atoms with Crippen molar-refractivity contribution in [3.63, 3.8) is 0 Å². The van der Waals surface area contributed by atoms with Crippen molar-refractivity contribution in [2.24, 2.45) is 0 Å². The molecule has 0 saturated heterocycles. The number of hydrogen-bond donors (Lipinski definition) is 1. The standard InChI is InChI=1S/C20H22N2O3S/c1-14-7-8-18(11-15(14)2)26(23,24)22-16(3)13-25-20-6-4-5-17-12-21-10-9-19(17)20/h4-12,16,22H,13H2,1-3H3/t16-/m0/s1. The van der Waals surface area contributed by atoms with E-state index in [2.05, 4.69) is 9.71 Å². The molecule has 0 unspecified atom stereocenters. The molecule has 6 heteroatoms. The molecule has 5 nitrogen and oxygen atoms in total. The Bertz CT molecular complexity index is 1030. The lowest BCUT2D eigenvalue weighted by molar-refractivity contribution is 0.290. The smallest absolute Gasteiger partial charge is 0.240 e. The van der Waals surface area contributed by atoms with E-state index in [1.807, 2.05) is 44.2 Å². The molecule has 0 fully saturated rings. The minimum Gasteiger partial charge on any atom is -0.491 e. The Kier molecular flexibility index (Phi) is 5.25. The second kappa shape index (κ2) is 7.43. The fourth-order valence-electron chi connectivity index (χ4n) is 2.68. The number of rotatable bonds is 6. The summed E-state index contributed by atoms with van der Waals surface area (Å²) in [6.45, 7) is 5.86. The summed E-state index contributed by atoms with van der Waals surface area (Å²) in [6.07, 6.45) is 3.48. The number of aromatic nitrogens is 1. The van der Waals surface area contributed by atoms with Crippen LogP contribution in [0.2, 0.25) is 0 Å². The summed E-state index contributed by atoms with van der Waals surface area (Å²) in [4.78, 5) is 4.36. The van der Waals surface area contributed by atoms with Crippen molar-refractivity contribution >= 4 is 20.8 Å². The number of sulfonamides is 1. The molecule has 1 N–H and O–H groups in total. The fourth-order valence-corrected chi connectivity index (χ4v) is 3.99. The average molecular weight is 370 g/mol. The summed E-state index contributed by atoms with van der Waals surface area (Å²) >= 11 is 0. The van der Waals surface area contributed by atoms with Crippen molar-refractivity contribution in [1.29, 1.82) is 0 Å². The molecule has 0 bridgehead atoms. The number of hydrogen-bond acceptors (Lipinski definition) is 4. The van der Waals surface area contributed by atoms with Gasteiger partial charge in [0.05, 0.1) is 10.9 Å². The van der Waals surface area contributed by atoms with E-state index in [0.29, 0.717) is 5.75 Å². The maximum absolute atomic E-state index is 12.6. The Morgan fingerprint density at radius 1 is 1.12 bits per heavy atom. The first-order valence-electron chi connectivity index (χ1n) is 8.42. The molecule has 0 aliphatic heterocycles. The molecule has 0 aliphatic carbocycles. The van der Waals surface area contributed by atoms with Gasteiger partial charge in [-0.3, -0.25) is 4.98 Å². The molecule has 3 rings (SSSR count). The van der Waals surface area contributed by atoms with Gasteiger partial charge in [0.15, 0.2) is 0 Å². The molecule has 0 aliphatic rings. The summed E-state index contributed by atoms with van der Waals surface area (Å²) in [5.74, 6) is 0.710. The Morgan fingerprint density at radius 3 is 2.69 bits per heavy atom. The molecule has 136 valence electrons. The van der Waals surface area contributed by atoms with E-state index < -0.39 is 10.0 Å². The van der Waals surface area contributed by atoms with Crippen LogP contribution in [0.25, 0.3) is 10.8 Å². The molecule has 0 amide bonds. The van der Waals surface area contributed by atoms with E-state index in [9.17, 15) is 8.42 Å². The predicted molar refractivity (Wildman–Crippen MR) is 103 cm³/mol. The highest BCUT2D eigenvalue weighted by Gasteiger charge is 2.18. The minimum atomic E-state index is -3.59. The van der Waals surface area contributed by atoms with Crippen LogP contribution in [0.5, 0.6) is 5.75 Å². The van der Waals surface area contributed by atoms with Gasteiger partial charge in [0.1, 0.15) is 12.4 Å². The van der Waals surface area contributed by atoms with Crippen molar-refractivity contribution in [2.45, 2.75) is 31.7 Å². The van der Waals surface area contributed by atoms with Gasteiger partial charge in [0, 0.05) is 23.2 Å². The molecule has 2 aromatic carbocycles. The van der Waals surface area contributed by atoms with Crippen LogP contribution in [0.4, 0.5) is 0 Å². The van der Waals surface area contributed by atoms with Crippen molar-refractivity contribution in [3.05, 3.63) is 66.0 Å².